The molecule has 2 N–H and O–H groups in total. The second-order valence-electron chi connectivity index (χ2n) is 3.32. The first-order chi connectivity index (χ1) is 6.63. The Morgan fingerprint density at radius 1 is 1.53 bits per heavy atom. The largest absolute Gasteiger partial charge is 0.468 e. The zero-order valence-corrected chi connectivity index (χ0v) is 9.71. The van der Waals surface area contributed by atoms with Gasteiger partial charge in [-0.1, -0.05) is 29.8 Å². The number of nitrogens with two attached hydrogens (primary N) is 1. The molecule has 0 aliphatic rings. The van der Waals surface area contributed by atoms with E-state index in [2.05, 4.69) is 4.74 Å². The van der Waals surface area contributed by atoms with Gasteiger partial charge >= 0.3 is 5.97 Å². The van der Waals surface area contributed by atoms with Crippen LogP contribution in [0.25, 0.3) is 0 Å². The lowest BCUT2D eigenvalue weighted by Crippen LogP contribution is -2.33. The van der Waals surface area contributed by atoms with E-state index < -0.39 is 6.04 Å². The van der Waals surface area contributed by atoms with Crippen LogP contribution in [-0.4, -0.2) is 19.1 Å². The van der Waals surface area contributed by atoms with Crippen molar-refractivity contribution in [1.29, 1.82) is 0 Å². The van der Waals surface area contributed by atoms with Crippen molar-refractivity contribution < 1.29 is 9.53 Å². The first-order valence-electron chi connectivity index (χ1n) is 4.52. The fraction of sp³-hybridized carbons (Fsp3) is 0.364. The molecule has 15 heavy (non-hydrogen) atoms. The summed E-state index contributed by atoms with van der Waals surface area (Å²) < 4.78 is 4.55. The van der Waals surface area contributed by atoms with Gasteiger partial charge in [0.05, 0.1) is 7.11 Å². The van der Waals surface area contributed by atoms with Crippen LogP contribution in [0, 0.1) is 6.92 Å². The normalized spacial score (nSPS) is 11.4. The van der Waals surface area contributed by atoms with Gasteiger partial charge in [-0.3, -0.25) is 4.79 Å². The SMILES string of the molecule is COC(=O)[C@@H](N)Cc1cccc(C)c1.Cl. The topological polar surface area (TPSA) is 52.3 Å². The Bertz CT molecular complexity index is 328. The zero-order chi connectivity index (χ0) is 10.6. The number of halogens is 1. The van der Waals surface area contributed by atoms with E-state index in [4.69, 9.17) is 5.73 Å². The molecule has 0 saturated carbocycles. The molecule has 0 radical (unpaired) electrons. The van der Waals surface area contributed by atoms with Gasteiger partial charge in [0.2, 0.25) is 0 Å². The van der Waals surface area contributed by atoms with Crippen LogP contribution in [-0.2, 0) is 16.0 Å². The van der Waals surface area contributed by atoms with E-state index in [1.54, 1.807) is 0 Å². The van der Waals surface area contributed by atoms with Crippen LogP contribution in [0.3, 0.4) is 0 Å². The Morgan fingerprint density at radius 3 is 2.73 bits per heavy atom. The van der Waals surface area contributed by atoms with Gasteiger partial charge in [-0.25, -0.2) is 0 Å². The predicted molar refractivity (Wildman–Crippen MR) is 62.1 cm³/mol. The summed E-state index contributed by atoms with van der Waals surface area (Å²) in [5, 5.41) is 0. The number of esters is 1. The molecule has 0 fully saturated rings. The maximum atomic E-state index is 11.1. The van der Waals surface area contributed by atoms with Gasteiger partial charge < -0.3 is 10.5 Å². The highest BCUT2D eigenvalue weighted by atomic mass is 35.5. The Morgan fingerprint density at radius 2 is 2.20 bits per heavy atom. The molecule has 0 spiro atoms. The van der Waals surface area contributed by atoms with E-state index in [-0.39, 0.29) is 18.4 Å². The molecule has 1 atom stereocenters. The molecule has 0 bridgehead atoms. The number of rotatable bonds is 3. The van der Waals surface area contributed by atoms with Crippen molar-refractivity contribution in [2.45, 2.75) is 19.4 Å². The third kappa shape index (κ3) is 4.32. The molecule has 0 aromatic heterocycles. The van der Waals surface area contributed by atoms with Gasteiger partial charge in [0.25, 0.3) is 0 Å². The quantitative estimate of drug-likeness (QED) is 0.799. The van der Waals surface area contributed by atoms with Crippen molar-refractivity contribution in [3.8, 4) is 0 Å². The fourth-order valence-electron chi connectivity index (χ4n) is 1.33. The number of carbonyl (C=O) groups is 1. The van der Waals surface area contributed by atoms with Crippen LogP contribution in [0.4, 0.5) is 0 Å². The fourth-order valence-corrected chi connectivity index (χ4v) is 1.33. The van der Waals surface area contributed by atoms with Crippen molar-refractivity contribution in [3.63, 3.8) is 0 Å². The molecule has 1 aromatic carbocycles. The number of methoxy groups -OCH3 is 1. The molecule has 0 aliphatic heterocycles. The standard InChI is InChI=1S/C11H15NO2.ClH/c1-8-4-3-5-9(6-8)7-10(12)11(13)14-2;/h3-6,10H,7,12H2,1-2H3;1H/t10-;/m0./s1. The molecule has 0 unspecified atom stereocenters. The summed E-state index contributed by atoms with van der Waals surface area (Å²) in [6.45, 7) is 2.01. The molecule has 0 heterocycles. The van der Waals surface area contributed by atoms with Crippen LogP contribution in [0.5, 0.6) is 0 Å². The van der Waals surface area contributed by atoms with Crippen LogP contribution in [0.2, 0.25) is 0 Å². The molecule has 0 saturated heterocycles. The second-order valence-corrected chi connectivity index (χ2v) is 3.32. The van der Waals surface area contributed by atoms with E-state index in [0.717, 1.165) is 5.56 Å². The average molecular weight is 230 g/mol. The lowest BCUT2D eigenvalue weighted by molar-refractivity contribution is -0.142. The molecular weight excluding hydrogens is 214 g/mol. The molecule has 3 nitrogen and oxygen atoms in total. The Kier molecular flexibility index (Phi) is 5.97. The first kappa shape index (κ1) is 13.9. The van der Waals surface area contributed by atoms with E-state index in [1.807, 2.05) is 31.2 Å². The van der Waals surface area contributed by atoms with Crippen molar-refractivity contribution in [2.24, 2.45) is 5.73 Å². The molecule has 84 valence electrons. The van der Waals surface area contributed by atoms with Gasteiger partial charge in [-0.2, -0.15) is 0 Å². The van der Waals surface area contributed by atoms with Crippen LogP contribution in [0.15, 0.2) is 24.3 Å². The van der Waals surface area contributed by atoms with Crippen LogP contribution >= 0.6 is 12.4 Å². The van der Waals surface area contributed by atoms with Gasteiger partial charge in [-0.05, 0) is 18.9 Å². The van der Waals surface area contributed by atoms with E-state index in [1.165, 1.54) is 12.7 Å². The van der Waals surface area contributed by atoms with Crippen molar-refractivity contribution in [2.75, 3.05) is 7.11 Å². The molecular formula is C11H16ClNO2. The summed E-state index contributed by atoms with van der Waals surface area (Å²) in [4.78, 5) is 11.1. The highest BCUT2D eigenvalue weighted by Crippen LogP contribution is 2.06. The number of hydrogen-bond donors (Lipinski definition) is 1. The predicted octanol–water partition coefficient (Wildman–Crippen LogP) is 1.46. The van der Waals surface area contributed by atoms with Crippen molar-refractivity contribution in [1.82, 2.24) is 0 Å². The van der Waals surface area contributed by atoms with Gasteiger partial charge in [0, 0.05) is 0 Å². The summed E-state index contributed by atoms with van der Waals surface area (Å²) in [7, 11) is 1.35. The molecule has 4 heteroatoms. The minimum atomic E-state index is -0.568. The lowest BCUT2D eigenvalue weighted by Gasteiger charge is -2.09. The van der Waals surface area contributed by atoms with E-state index in [0.29, 0.717) is 6.42 Å². The second kappa shape index (κ2) is 6.43. The number of carbonyl (C=O) groups excluding carboxylic acids is 1. The molecule has 0 amide bonds. The maximum absolute atomic E-state index is 11.1. The smallest absolute Gasteiger partial charge is 0.322 e. The molecule has 1 rings (SSSR count). The maximum Gasteiger partial charge on any atom is 0.322 e. The summed E-state index contributed by atoms with van der Waals surface area (Å²) in [6.07, 6.45) is 0.522. The number of aryl methyl sites for hydroxylation is 1. The third-order valence-corrected chi connectivity index (χ3v) is 2.04. The van der Waals surface area contributed by atoms with Crippen LogP contribution < -0.4 is 5.73 Å². The Hall–Kier alpha value is -1.06. The van der Waals surface area contributed by atoms with Gasteiger partial charge in [-0.15, -0.1) is 12.4 Å². The van der Waals surface area contributed by atoms with Gasteiger partial charge in [0.15, 0.2) is 0 Å². The number of hydrogen-bond acceptors (Lipinski definition) is 3. The molecule has 1 aromatic rings. The summed E-state index contributed by atoms with van der Waals surface area (Å²) >= 11 is 0. The van der Waals surface area contributed by atoms with Crippen molar-refractivity contribution >= 4 is 18.4 Å². The van der Waals surface area contributed by atoms with Crippen molar-refractivity contribution in [3.05, 3.63) is 35.4 Å². The minimum Gasteiger partial charge on any atom is -0.468 e. The Labute approximate surface area is 96.0 Å². The number of ether oxygens (including phenoxy) is 1. The van der Waals surface area contributed by atoms with E-state index >= 15 is 0 Å². The summed E-state index contributed by atoms with van der Waals surface area (Å²) in [6, 6.07) is 7.36. The monoisotopic (exact) mass is 229 g/mol. The first-order valence-corrected chi connectivity index (χ1v) is 4.52. The van der Waals surface area contributed by atoms with Crippen LogP contribution in [0.1, 0.15) is 11.1 Å². The summed E-state index contributed by atoms with van der Waals surface area (Å²) in [5.74, 6) is -0.369. The van der Waals surface area contributed by atoms with Gasteiger partial charge in [0.1, 0.15) is 6.04 Å². The zero-order valence-electron chi connectivity index (χ0n) is 8.90. The highest BCUT2D eigenvalue weighted by Gasteiger charge is 2.13. The summed E-state index contributed by atoms with van der Waals surface area (Å²) in [5.41, 5.74) is 7.86. The number of benzene rings is 1. The molecule has 0 aliphatic carbocycles. The lowest BCUT2D eigenvalue weighted by atomic mass is 10.0. The Balaban J connectivity index is 0.00000196. The third-order valence-electron chi connectivity index (χ3n) is 2.04. The van der Waals surface area contributed by atoms with E-state index in [9.17, 15) is 4.79 Å². The average Bonchev–Trinajstić information content (AvgIpc) is 2.16. The minimum absolute atomic E-state index is 0. The highest BCUT2D eigenvalue weighted by molar-refractivity contribution is 5.85.